The normalized spacial score (nSPS) is 10.9. The number of nitrogens with one attached hydrogen (secondary N) is 1. The zero-order valence-electron chi connectivity index (χ0n) is 15.6. The number of halogens is 1. The molecule has 0 aliphatic carbocycles. The first-order chi connectivity index (χ1) is 14.0. The van der Waals surface area contributed by atoms with E-state index in [2.05, 4.69) is 10.4 Å². The molecule has 2 aromatic heterocycles. The zero-order chi connectivity index (χ0) is 20.5. The minimum Gasteiger partial charge on any atom is -0.496 e. The van der Waals surface area contributed by atoms with Crippen LogP contribution < -0.4 is 15.7 Å². The van der Waals surface area contributed by atoms with Crippen molar-refractivity contribution >= 4 is 39.1 Å². The molecule has 1 amide bonds. The van der Waals surface area contributed by atoms with E-state index < -0.39 is 5.91 Å². The van der Waals surface area contributed by atoms with Crippen LogP contribution in [0, 0.1) is 6.92 Å². The smallest absolute Gasteiger partial charge is 0.281 e. The van der Waals surface area contributed by atoms with Gasteiger partial charge in [0.05, 0.1) is 18.1 Å². The lowest BCUT2D eigenvalue weighted by molar-refractivity contribution is 0.100. The Balaban J connectivity index is 1.80. The molecular weight excluding hydrogens is 410 g/mol. The minimum absolute atomic E-state index is 0.219. The van der Waals surface area contributed by atoms with Crippen molar-refractivity contribution in [2.75, 3.05) is 12.5 Å². The van der Waals surface area contributed by atoms with Crippen LogP contribution in [0.2, 0.25) is 5.02 Å². The van der Waals surface area contributed by atoms with Crippen LogP contribution >= 0.6 is 22.9 Å². The van der Waals surface area contributed by atoms with Crippen LogP contribution in [0.5, 0.6) is 5.75 Å². The second kappa shape index (κ2) is 7.69. The molecule has 0 atom stereocenters. The van der Waals surface area contributed by atoms with Crippen LogP contribution in [0.25, 0.3) is 21.3 Å². The Kier molecular flexibility index (Phi) is 5.08. The molecule has 0 saturated heterocycles. The fourth-order valence-electron chi connectivity index (χ4n) is 3.16. The molecule has 146 valence electrons. The number of methoxy groups -OCH3 is 1. The van der Waals surface area contributed by atoms with E-state index in [0.29, 0.717) is 21.0 Å². The number of aromatic nitrogens is 2. The van der Waals surface area contributed by atoms with E-state index in [1.165, 1.54) is 30.8 Å². The molecular formula is C21H16ClN3O3S. The van der Waals surface area contributed by atoms with Gasteiger partial charge in [-0.15, -0.1) is 11.3 Å². The number of benzene rings is 2. The Morgan fingerprint density at radius 1 is 1.21 bits per heavy atom. The Morgan fingerprint density at radius 2 is 1.97 bits per heavy atom. The highest BCUT2D eigenvalue weighted by atomic mass is 35.5. The summed E-state index contributed by atoms with van der Waals surface area (Å²) in [7, 11) is 1.46. The number of thiophene rings is 1. The second-order valence-electron chi connectivity index (χ2n) is 6.28. The first-order valence-corrected chi connectivity index (χ1v) is 9.90. The Labute approximate surface area is 175 Å². The van der Waals surface area contributed by atoms with Crippen molar-refractivity contribution in [3.8, 4) is 16.9 Å². The van der Waals surface area contributed by atoms with Gasteiger partial charge in [0.2, 0.25) is 0 Å². The number of aryl methyl sites for hydroxylation is 1. The van der Waals surface area contributed by atoms with Crippen molar-refractivity contribution in [3.05, 3.63) is 80.7 Å². The molecule has 4 rings (SSSR count). The third-order valence-corrected chi connectivity index (χ3v) is 5.73. The van der Waals surface area contributed by atoms with Gasteiger partial charge in [-0.05, 0) is 30.7 Å². The summed E-state index contributed by atoms with van der Waals surface area (Å²) in [6, 6.07) is 14.3. The highest BCUT2D eigenvalue weighted by Crippen LogP contribution is 2.35. The van der Waals surface area contributed by atoms with E-state index in [4.69, 9.17) is 16.3 Å². The van der Waals surface area contributed by atoms with Crippen molar-refractivity contribution in [3.63, 3.8) is 0 Å². The molecule has 29 heavy (non-hydrogen) atoms. The van der Waals surface area contributed by atoms with Gasteiger partial charge in [0.25, 0.3) is 11.5 Å². The van der Waals surface area contributed by atoms with E-state index >= 15 is 0 Å². The maximum atomic E-state index is 13.2. The van der Waals surface area contributed by atoms with Crippen LogP contribution in [0.3, 0.4) is 0 Å². The Morgan fingerprint density at radius 3 is 2.69 bits per heavy atom. The summed E-state index contributed by atoms with van der Waals surface area (Å²) in [5, 5.41) is 0.858. The first kappa shape index (κ1) is 19.2. The lowest BCUT2D eigenvalue weighted by Gasteiger charge is -2.11. The first-order valence-electron chi connectivity index (χ1n) is 8.70. The van der Waals surface area contributed by atoms with Gasteiger partial charge in [-0.2, -0.15) is 0 Å². The van der Waals surface area contributed by atoms with Crippen molar-refractivity contribution in [1.82, 2.24) is 9.66 Å². The number of ether oxygens (including phenoxy) is 1. The van der Waals surface area contributed by atoms with E-state index in [1.807, 2.05) is 37.3 Å². The highest BCUT2D eigenvalue weighted by molar-refractivity contribution is 7.19. The van der Waals surface area contributed by atoms with Crippen molar-refractivity contribution < 1.29 is 9.53 Å². The molecule has 0 fully saturated rings. The summed E-state index contributed by atoms with van der Waals surface area (Å²) < 4.78 is 6.31. The van der Waals surface area contributed by atoms with Gasteiger partial charge in [-0.3, -0.25) is 15.0 Å². The maximum Gasteiger partial charge on any atom is 0.281 e. The SMILES string of the molecule is COc1ccc(Cl)cc1C(=O)Nn1cnc2sc(C)c(-c3ccccc3)c2c1=O. The average molecular weight is 426 g/mol. The molecule has 2 heterocycles. The standard InChI is InChI=1S/C21H16ClN3O3S/c1-12-17(13-6-4-3-5-7-13)18-20(29-12)23-11-25(21(18)27)24-19(26)15-10-14(22)8-9-16(15)28-2/h3-11H,1-2H3,(H,24,26). The van der Waals surface area contributed by atoms with E-state index in [1.54, 1.807) is 12.1 Å². The number of nitrogens with zero attached hydrogens (tertiary/aromatic N) is 2. The molecule has 0 aliphatic rings. The number of fused-ring (bicyclic) bond motifs is 1. The summed E-state index contributed by atoms with van der Waals surface area (Å²) in [5.41, 5.74) is 4.19. The number of carbonyl (C=O) groups is 1. The molecule has 0 bridgehead atoms. The number of carbonyl (C=O) groups excluding carboxylic acids is 1. The van der Waals surface area contributed by atoms with Crippen molar-refractivity contribution in [2.45, 2.75) is 6.92 Å². The summed E-state index contributed by atoms with van der Waals surface area (Å²) in [6.07, 6.45) is 1.31. The topological polar surface area (TPSA) is 73.2 Å². The van der Waals surface area contributed by atoms with Gasteiger partial charge in [0.15, 0.2) is 0 Å². The van der Waals surface area contributed by atoms with Crippen molar-refractivity contribution in [2.24, 2.45) is 0 Å². The van der Waals surface area contributed by atoms with Gasteiger partial charge < -0.3 is 4.74 Å². The fourth-order valence-corrected chi connectivity index (χ4v) is 4.34. The van der Waals surface area contributed by atoms with Crippen LogP contribution in [0.4, 0.5) is 0 Å². The largest absolute Gasteiger partial charge is 0.496 e. The number of amides is 1. The third-order valence-electron chi connectivity index (χ3n) is 4.48. The monoisotopic (exact) mass is 425 g/mol. The summed E-state index contributed by atoms with van der Waals surface area (Å²) in [4.78, 5) is 31.9. The molecule has 0 unspecified atom stereocenters. The molecule has 0 saturated carbocycles. The molecule has 6 nitrogen and oxygen atoms in total. The van der Waals surface area contributed by atoms with Gasteiger partial charge in [-0.1, -0.05) is 41.9 Å². The minimum atomic E-state index is -0.527. The zero-order valence-corrected chi connectivity index (χ0v) is 17.2. The third kappa shape index (κ3) is 3.50. The van der Waals surface area contributed by atoms with Gasteiger partial charge in [0.1, 0.15) is 16.9 Å². The van der Waals surface area contributed by atoms with E-state index in [0.717, 1.165) is 20.7 Å². The van der Waals surface area contributed by atoms with Gasteiger partial charge in [0, 0.05) is 15.5 Å². The molecule has 1 N–H and O–H groups in total. The molecule has 0 radical (unpaired) electrons. The van der Waals surface area contributed by atoms with Crippen LogP contribution in [0.1, 0.15) is 15.2 Å². The summed E-state index contributed by atoms with van der Waals surface area (Å²) in [5.74, 6) is -0.175. The fraction of sp³-hybridized carbons (Fsp3) is 0.0952. The second-order valence-corrected chi connectivity index (χ2v) is 7.92. The summed E-state index contributed by atoms with van der Waals surface area (Å²) in [6.45, 7) is 1.95. The lowest BCUT2D eigenvalue weighted by Crippen LogP contribution is -2.33. The molecule has 2 aromatic carbocycles. The van der Waals surface area contributed by atoms with E-state index in [9.17, 15) is 9.59 Å². The predicted molar refractivity (Wildman–Crippen MR) is 116 cm³/mol. The quantitative estimate of drug-likeness (QED) is 0.523. The van der Waals surface area contributed by atoms with Gasteiger partial charge in [-0.25, -0.2) is 9.66 Å². The molecule has 0 spiro atoms. The van der Waals surface area contributed by atoms with E-state index in [-0.39, 0.29) is 11.1 Å². The van der Waals surface area contributed by atoms with Crippen molar-refractivity contribution in [1.29, 1.82) is 0 Å². The molecule has 4 aromatic rings. The average Bonchev–Trinajstić information content (AvgIpc) is 3.07. The number of hydrogen-bond donors (Lipinski definition) is 1. The molecule has 8 heteroatoms. The number of rotatable bonds is 4. The lowest BCUT2D eigenvalue weighted by atomic mass is 10.0. The van der Waals surface area contributed by atoms with Crippen LogP contribution in [-0.2, 0) is 0 Å². The Bertz CT molecular complexity index is 1280. The predicted octanol–water partition coefficient (Wildman–Crippen LogP) is 4.48. The van der Waals surface area contributed by atoms with Crippen LogP contribution in [0.15, 0.2) is 59.7 Å². The highest BCUT2D eigenvalue weighted by Gasteiger charge is 2.19. The summed E-state index contributed by atoms with van der Waals surface area (Å²) >= 11 is 7.45. The Hall–Kier alpha value is -3.16. The van der Waals surface area contributed by atoms with Gasteiger partial charge >= 0.3 is 0 Å². The maximum absolute atomic E-state index is 13.2. The van der Waals surface area contributed by atoms with Crippen LogP contribution in [-0.4, -0.2) is 22.7 Å². The number of hydrogen-bond acceptors (Lipinski definition) is 5. The molecule has 0 aliphatic heterocycles.